The zero-order chi connectivity index (χ0) is 18.4. The van der Waals surface area contributed by atoms with Gasteiger partial charge < -0.3 is 23.7 Å². The van der Waals surface area contributed by atoms with Gasteiger partial charge in [0.15, 0.2) is 0 Å². The maximum Gasteiger partial charge on any atom is 0.282 e. The van der Waals surface area contributed by atoms with E-state index in [0.29, 0.717) is 6.10 Å². The van der Waals surface area contributed by atoms with E-state index < -0.39 is 5.97 Å². The quantitative estimate of drug-likeness (QED) is 0.204. The normalized spacial score (nSPS) is 18.5. The molecule has 0 aromatic heterocycles. The molecule has 1 fully saturated rings. The molecule has 25 heavy (non-hydrogen) atoms. The molecule has 1 aliphatic heterocycles. The first-order valence-corrected chi connectivity index (χ1v) is 10.0. The fourth-order valence-electron chi connectivity index (χ4n) is 3.36. The van der Waals surface area contributed by atoms with Gasteiger partial charge in [0.2, 0.25) is 0 Å². The van der Waals surface area contributed by atoms with Crippen molar-refractivity contribution in [2.45, 2.75) is 83.2 Å². The Morgan fingerprint density at radius 2 is 1.56 bits per heavy atom. The Morgan fingerprint density at radius 3 is 2.12 bits per heavy atom. The first kappa shape index (κ1) is 22.8. The molecule has 1 rings (SSSR count). The Hall–Kier alpha value is -0.200. The summed E-state index contributed by atoms with van der Waals surface area (Å²) >= 11 is 0. The lowest BCUT2D eigenvalue weighted by atomic mass is 9.91. The highest BCUT2D eigenvalue weighted by molar-refractivity contribution is 4.67. The summed E-state index contributed by atoms with van der Waals surface area (Å²) in [5.74, 6) is -0.0114. The van der Waals surface area contributed by atoms with E-state index in [-0.39, 0.29) is 0 Å². The van der Waals surface area contributed by atoms with Crippen molar-refractivity contribution in [3.05, 3.63) is 0 Å². The molecule has 0 amide bonds. The number of methoxy groups -OCH3 is 3. The minimum atomic E-state index is -0.867. The zero-order valence-electron chi connectivity index (χ0n) is 16.9. The Bertz CT molecular complexity index is 294. The Morgan fingerprint density at radius 1 is 0.920 bits per heavy atom. The lowest BCUT2D eigenvalue weighted by Gasteiger charge is -2.28. The van der Waals surface area contributed by atoms with Crippen LogP contribution in [0.2, 0.25) is 0 Å². The maximum atomic E-state index is 5.62. The Labute approximate surface area is 154 Å². The van der Waals surface area contributed by atoms with Crippen LogP contribution in [-0.2, 0) is 23.7 Å². The third-order valence-corrected chi connectivity index (χ3v) is 5.08. The van der Waals surface area contributed by atoms with Crippen molar-refractivity contribution in [2.75, 3.05) is 41.2 Å². The summed E-state index contributed by atoms with van der Waals surface area (Å²) < 4.78 is 26.8. The fourth-order valence-corrected chi connectivity index (χ4v) is 3.36. The Kier molecular flexibility index (Phi) is 12.7. The number of rotatable bonds is 18. The van der Waals surface area contributed by atoms with Gasteiger partial charge in [-0.1, -0.05) is 51.9 Å². The van der Waals surface area contributed by atoms with Gasteiger partial charge >= 0.3 is 0 Å². The van der Waals surface area contributed by atoms with Gasteiger partial charge in [-0.2, -0.15) is 0 Å². The predicted molar refractivity (Wildman–Crippen MR) is 99.7 cm³/mol. The predicted octanol–water partition coefficient (Wildman–Crippen LogP) is 4.53. The largest absolute Gasteiger partial charge is 0.379 e. The molecule has 5 nitrogen and oxygen atoms in total. The van der Waals surface area contributed by atoms with Gasteiger partial charge in [-0.05, 0) is 18.8 Å². The second-order valence-corrected chi connectivity index (χ2v) is 7.08. The average Bonchev–Trinajstić information content (AvgIpc) is 3.46. The summed E-state index contributed by atoms with van der Waals surface area (Å²) in [6.45, 7) is 4.84. The van der Waals surface area contributed by atoms with E-state index in [2.05, 4.69) is 6.92 Å². The minimum Gasteiger partial charge on any atom is -0.379 e. The molecule has 0 aromatic carbocycles. The SMILES string of the molecule is CCCC(CCCCCC(OC)(OC)OC)CCCCOCC1CO1. The van der Waals surface area contributed by atoms with Crippen LogP contribution >= 0.6 is 0 Å². The van der Waals surface area contributed by atoms with Gasteiger partial charge in [0.05, 0.1) is 13.2 Å². The first-order valence-electron chi connectivity index (χ1n) is 10.0. The highest BCUT2D eigenvalue weighted by atomic mass is 16.9. The van der Waals surface area contributed by atoms with Crippen molar-refractivity contribution >= 4 is 0 Å². The molecule has 2 atom stereocenters. The third kappa shape index (κ3) is 10.5. The van der Waals surface area contributed by atoms with Gasteiger partial charge in [0.1, 0.15) is 6.10 Å². The fraction of sp³-hybridized carbons (Fsp3) is 1.00. The van der Waals surface area contributed by atoms with Crippen molar-refractivity contribution in [1.29, 1.82) is 0 Å². The van der Waals surface area contributed by atoms with Crippen LogP contribution in [0.25, 0.3) is 0 Å². The van der Waals surface area contributed by atoms with Crippen molar-refractivity contribution in [3.8, 4) is 0 Å². The molecule has 150 valence electrons. The van der Waals surface area contributed by atoms with Gasteiger partial charge in [-0.15, -0.1) is 0 Å². The molecule has 5 heteroatoms. The summed E-state index contributed by atoms with van der Waals surface area (Å²) in [7, 11) is 4.89. The number of hydrogen-bond donors (Lipinski definition) is 0. The van der Waals surface area contributed by atoms with Gasteiger partial charge in [-0.25, -0.2) is 0 Å². The smallest absolute Gasteiger partial charge is 0.282 e. The number of unbranched alkanes of at least 4 members (excludes halogenated alkanes) is 3. The van der Waals surface area contributed by atoms with E-state index in [4.69, 9.17) is 23.7 Å². The van der Waals surface area contributed by atoms with Gasteiger partial charge in [0, 0.05) is 34.4 Å². The topological polar surface area (TPSA) is 49.5 Å². The second kappa shape index (κ2) is 13.9. The Balaban J connectivity index is 2.04. The summed E-state index contributed by atoms with van der Waals surface area (Å²) in [6.07, 6.45) is 12.4. The number of hydrogen-bond acceptors (Lipinski definition) is 5. The van der Waals surface area contributed by atoms with Crippen molar-refractivity contribution in [1.82, 2.24) is 0 Å². The van der Waals surface area contributed by atoms with E-state index in [9.17, 15) is 0 Å². The molecule has 0 bridgehead atoms. The lowest BCUT2D eigenvalue weighted by Crippen LogP contribution is -2.35. The number of ether oxygens (including phenoxy) is 5. The van der Waals surface area contributed by atoms with Crippen LogP contribution in [0.3, 0.4) is 0 Å². The molecule has 0 aliphatic carbocycles. The molecule has 0 radical (unpaired) electrons. The van der Waals surface area contributed by atoms with E-state index in [1.807, 2.05) is 0 Å². The van der Waals surface area contributed by atoms with Crippen molar-refractivity contribution in [2.24, 2.45) is 5.92 Å². The molecule has 1 aliphatic rings. The lowest BCUT2D eigenvalue weighted by molar-refractivity contribution is -0.355. The zero-order valence-corrected chi connectivity index (χ0v) is 16.9. The van der Waals surface area contributed by atoms with Crippen LogP contribution in [0.15, 0.2) is 0 Å². The van der Waals surface area contributed by atoms with E-state index in [1.54, 1.807) is 21.3 Å². The summed E-state index contributed by atoms with van der Waals surface area (Å²) in [6, 6.07) is 0. The van der Waals surface area contributed by atoms with E-state index >= 15 is 0 Å². The van der Waals surface area contributed by atoms with Crippen LogP contribution in [0, 0.1) is 5.92 Å². The van der Waals surface area contributed by atoms with Crippen LogP contribution in [0.5, 0.6) is 0 Å². The molecular formula is C20H40O5. The van der Waals surface area contributed by atoms with E-state index in [0.717, 1.165) is 38.6 Å². The van der Waals surface area contributed by atoms with Crippen LogP contribution in [-0.4, -0.2) is 53.2 Å². The monoisotopic (exact) mass is 360 g/mol. The molecule has 0 N–H and O–H groups in total. The molecular weight excluding hydrogens is 320 g/mol. The van der Waals surface area contributed by atoms with Crippen LogP contribution in [0.4, 0.5) is 0 Å². The summed E-state index contributed by atoms with van der Waals surface area (Å²) in [4.78, 5) is 0. The highest BCUT2D eigenvalue weighted by Gasteiger charge is 2.28. The van der Waals surface area contributed by atoms with E-state index in [1.165, 1.54) is 51.4 Å². The third-order valence-electron chi connectivity index (χ3n) is 5.08. The van der Waals surface area contributed by atoms with Crippen LogP contribution < -0.4 is 0 Å². The van der Waals surface area contributed by atoms with Gasteiger partial charge in [-0.3, -0.25) is 0 Å². The maximum absolute atomic E-state index is 5.62. The molecule has 2 unspecified atom stereocenters. The minimum absolute atomic E-state index is 0.390. The molecule has 1 heterocycles. The van der Waals surface area contributed by atoms with Crippen molar-refractivity contribution < 1.29 is 23.7 Å². The second-order valence-electron chi connectivity index (χ2n) is 7.08. The molecule has 0 spiro atoms. The van der Waals surface area contributed by atoms with Crippen molar-refractivity contribution in [3.63, 3.8) is 0 Å². The standard InChI is InChI=1S/C20H40O5/c1-5-11-18(13-8-10-15-24-16-19-17-25-19)12-7-6-9-14-20(21-2,22-3)23-4/h18-19H,5-17H2,1-4H3. The highest BCUT2D eigenvalue weighted by Crippen LogP contribution is 2.24. The summed E-state index contributed by atoms with van der Waals surface area (Å²) in [5, 5.41) is 0. The molecule has 0 aromatic rings. The molecule has 1 saturated heterocycles. The summed E-state index contributed by atoms with van der Waals surface area (Å²) in [5.41, 5.74) is 0. The van der Waals surface area contributed by atoms with Gasteiger partial charge in [0.25, 0.3) is 5.97 Å². The number of epoxide rings is 1. The van der Waals surface area contributed by atoms with Crippen LogP contribution in [0.1, 0.15) is 71.1 Å². The molecule has 0 saturated carbocycles. The first-order chi connectivity index (χ1) is 12.2. The average molecular weight is 361 g/mol.